The molecule has 1 unspecified atom stereocenters. The van der Waals surface area contributed by atoms with Crippen molar-refractivity contribution in [1.82, 2.24) is 4.72 Å². The summed E-state index contributed by atoms with van der Waals surface area (Å²) in [5, 5.41) is 0. The first-order valence-corrected chi connectivity index (χ1v) is 12.4. The highest BCUT2D eigenvalue weighted by Gasteiger charge is 2.29. The smallest absolute Gasteiger partial charge is 0.240 e. The van der Waals surface area contributed by atoms with E-state index >= 15 is 0 Å². The molecule has 5 nitrogen and oxygen atoms in total. The van der Waals surface area contributed by atoms with Gasteiger partial charge < -0.3 is 9.80 Å². The van der Waals surface area contributed by atoms with E-state index in [0.717, 1.165) is 35.3 Å². The predicted molar refractivity (Wildman–Crippen MR) is 132 cm³/mol. The first kappa shape index (κ1) is 22.4. The van der Waals surface area contributed by atoms with Gasteiger partial charge in [0.15, 0.2) is 0 Å². The Morgan fingerprint density at radius 3 is 2.44 bits per heavy atom. The second-order valence-electron chi connectivity index (χ2n) is 8.69. The minimum atomic E-state index is -3.63. The molecule has 0 fully saturated rings. The lowest BCUT2D eigenvalue weighted by molar-refractivity contribution is 0.562. The molecule has 3 aromatic rings. The number of benzene rings is 3. The van der Waals surface area contributed by atoms with Crippen LogP contribution in [0.5, 0.6) is 0 Å². The molecule has 3 aromatic carbocycles. The number of rotatable bonds is 7. The van der Waals surface area contributed by atoms with E-state index in [2.05, 4.69) is 57.0 Å². The van der Waals surface area contributed by atoms with Crippen molar-refractivity contribution in [2.24, 2.45) is 0 Å². The summed E-state index contributed by atoms with van der Waals surface area (Å²) in [4.78, 5) is 4.74. The average Bonchev–Trinajstić information content (AvgIpc) is 3.20. The van der Waals surface area contributed by atoms with E-state index in [1.165, 1.54) is 11.3 Å². The number of nitrogens with zero attached hydrogens (tertiary/aromatic N) is 2. The summed E-state index contributed by atoms with van der Waals surface area (Å²) in [6.45, 7) is 4.91. The van der Waals surface area contributed by atoms with E-state index in [1.807, 2.05) is 46.1 Å². The Labute approximate surface area is 191 Å². The molecule has 1 N–H and O–H groups in total. The highest BCUT2D eigenvalue weighted by atomic mass is 32.2. The molecule has 0 aromatic heterocycles. The maximum Gasteiger partial charge on any atom is 0.240 e. The summed E-state index contributed by atoms with van der Waals surface area (Å²) >= 11 is 0. The topological polar surface area (TPSA) is 52.7 Å². The molecule has 32 heavy (non-hydrogen) atoms. The van der Waals surface area contributed by atoms with Crippen molar-refractivity contribution in [2.75, 3.05) is 37.0 Å². The maximum absolute atomic E-state index is 13.2. The van der Waals surface area contributed by atoms with Crippen LogP contribution < -0.4 is 14.5 Å². The van der Waals surface area contributed by atoms with Gasteiger partial charge >= 0.3 is 0 Å². The van der Waals surface area contributed by atoms with Gasteiger partial charge in [-0.25, -0.2) is 13.1 Å². The molecule has 168 valence electrons. The molecule has 0 bridgehead atoms. The molecule has 0 saturated heterocycles. The number of hydrogen-bond donors (Lipinski definition) is 1. The molecule has 6 heteroatoms. The number of anilines is 2. The van der Waals surface area contributed by atoms with Crippen LogP contribution in [0.3, 0.4) is 0 Å². The number of hydrogen-bond acceptors (Lipinski definition) is 4. The molecular formula is C26H31N3O2S. The third-order valence-corrected chi connectivity index (χ3v) is 7.76. The van der Waals surface area contributed by atoms with Gasteiger partial charge in [0.05, 0.1) is 10.9 Å². The van der Waals surface area contributed by atoms with E-state index in [-0.39, 0.29) is 6.04 Å². The number of nitrogens with one attached hydrogen (secondary N) is 1. The minimum Gasteiger partial charge on any atom is -0.378 e. The lowest BCUT2D eigenvalue weighted by Gasteiger charge is -2.31. The zero-order valence-corrected chi connectivity index (χ0v) is 20.0. The largest absolute Gasteiger partial charge is 0.378 e. The second-order valence-corrected chi connectivity index (χ2v) is 10.4. The fraction of sp³-hybridized carbons (Fsp3) is 0.308. The van der Waals surface area contributed by atoms with Crippen LogP contribution in [0.15, 0.2) is 71.6 Å². The number of para-hydroxylation sites is 1. The molecule has 1 heterocycles. The molecule has 0 amide bonds. The van der Waals surface area contributed by atoms with Crippen LogP contribution in [0.25, 0.3) is 0 Å². The summed E-state index contributed by atoms with van der Waals surface area (Å²) in [7, 11) is 0.401. The summed E-state index contributed by atoms with van der Waals surface area (Å²) in [6.07, 6.45) is 0.964. The Morgan fingerprint density at radius 1 is 1.00 bits per heavy atom. The maximum atomic E-state index is 13.2. The van der Waals surface area contributed by atoms with Gasteiger partial charge in [-0.1, -0.05) is 42.5 Å². The van der Waals surface area contributed by atoms with Crippen LogP contribution in [-0.4, -0.2) is 35.6 Å². The van der Waals surface area contributed by atoms with Gasteiger partial charge in [0.2, 0.25) is 10.0 Å². The monoisotopic (exact) mass is 449 g/mol. The van der Waals surface area contributed by atoms with Gasteiger partial charge in [0, 0.05) is 38.6 Å². The predicted octanol–water partition coefficient (Wildman–Crippen LogP) is 4.45. The minimum absolute atomic E-state index is 0.102. The van der Waals surface area contributed by atoms with Gasteiger partial charge in [-0.3, -0.25) is 0 Å². The SMILES string of the molecule is Cc1ccc(C)c(S(=O)(=O)NCC(c2ccc(N(C)C)cc2)N2CCc3ccccc32)c1. The molecule has 0 saturated carbocycles. The lowest BCUT2D eigenvalue weighted by atomic mass is 10.0. The Bertz CT molecular complexity index is 1200. The third kappa shape index (κ3) is 4.52. The van der Waals surface area contributed by atoms with Crippen molar-refractivity contribution >= 4 is 21.4 Å². The van der Waals surface area contributed by atoms with Gasteiger partial charge in [-0.15, -0.1) is 0 Å². The molecule has 1 aliphatic heterocycles. The van der Waals surface area contributed by atoms with Gasteiger partial charge in [-0.2, -0.15) is 0 Å². The van der Waals surface area contributed by atoms with Crippen LogP contribution in [0.4, 0.5) is 11.4 Å². The summed E-state index contributed by atoms with van der Waals surface area (Å²) in [6, 6.07) is 22.2. The number of aryl methyl sites for hydroxylation is 2. The standard InChI is InChI=1S/C26H31N3O2S/c1-19-9-10-20(2)26(17-19)32(30,31)27-18-25(22-11-13-23(14-12-22)28(3)4)29-16-15-21-7-5-6-8-24(21)29/h5-14,17,25,27H,15-16,18H2,1-4H3. The number of fused-ring (bicyclic) bond motifs is 1. The highest BCUT2D eigenvalue weighted by molar-refractivity contribution is 7.89. The second kappa shape index (κ2) is 8.96. The van der Waals surface area contributed by atoms with Crippen LogP contribution in [0, 0.1) is 13.8 Å². The first-order chi connectivity index (χ1) is 15.3. The van der Waals surface area contributed by atoms with Crippen LogP contribution in [-0.2, 0) is 16.4 Å². The first-order valence-electron chi connectivity index (χ1n) is 10.9. The lowest BCUT2D eigenvalue weighted by Crippen LogP contribution is -2.37. The Balaban J connectivity index is 1.66. The van der Waals surface area contributed by atoms with E-state index in [9.17, 15) is 8.42 Å². The third-order valence-electron chi connectivity index (χ3n) is 6.19. The Kier molecular flexibility index (Phi) is 6.26. The van der Waals surface area contributed by atoms with Crippen molar-refractivity contribution < 1.29 is 8.42 Å². The van der Waals surface area contributed by atoms with E-state index in [0.29, 0.717) is 11.4 Å². The van der Waals surface area contributed by atoms with E-state index < -0.39 is 10.0 Å². The molecule has 1 aliphatic rings. The molecule has 1 atom stereocenters. The molecule has 0 radical (unpaired) electrons. The Morgan fingerprint density at radius 2 is 1.72 bits per heavy atom. The summed E-state index contributed by atoms with van der Waals surface area (Å²) in [5.74, 6) is 0. The fourth-order valence-corrected chi connectivity index (χ4v) is 5.72. The summed E-state index contributed by atoms with van der Waals surface area (Å²) in [5.41, 5.74) is 6.38. The van der Waals surface area contributed by atoms with Crippen LogP contribution >= 0.6 is 0 Å². The molecule has 0 spiro atoms. The zero-order valence-electron chi connectivity index (χ0n) is 19.2. The molecular weight excluding hydrogens is 418 g/mol. The van der Waals surface area contributed by atoms with Crippen LogP contribution in [0.1, 0.15) is 28.3 Å². The van der Waals surface area contributed by atoms with Crippen molar-refractivity contribution in [3.63, 3.8) is 0 Å². The van der Waals surface area contributed by atoms with Crippen molar-refractivity contribution in [3.05, 3.63) is 89.0 Å². The van der Waals surface area contributed by atoms with E-state index in [1.54, 1.807) is 6.07 Å². The normalized spacial score (nSPS) is 14.3. The zero-order chi connectivity index (χ0) is 22.9. The van der Waals surface area contributed by atoms with Crippen molar-refractivity contribution in [2.45, 2.75) is 31.2 Å². The van der Waals surface area contributed by atoms with Gasteiger partial charge in [0.25, 0.3) is 0 Å². The van der Waals surface area contributed by atoms with Crippen LogP contribution in [0.2, 0.25) is 0 Å². The molecule has 0 aliphatic carbocycles. The quantitative estimate of drug-likeness (QED) is 0.579. The van der Waals surface area contributed by atoms with E-state index in [4.69, 9.17) is 0 Å². The van der Waals surface area contributed by atoms with Crippen molar-refractivity contribution in [1.29, 1.82) is 0 Å². The van der Waals surface area contributed by atoms with Gasteiger partial charge in [0.1, 0.15) is 0 Å². The summed E-state index contributed by atoms with van der Waals surface area (Å²) < 4.78 is 29.3. The molecule has 4 rings (SSSR count). The van der Waals surface area contributed by atoms with Crippen molar-refractivity contribution in [3.8, 4) is 0 Å². The number of sulfonamides is 1. The average molecular weight is 450 g/mol. The highest BCUT2D eigenvalue weighted by Crippen LogP contribution is 2.35. The Hall–Kier alpha value is -2.83. The fourth-order valence-electron chi connectivity index (χ4n) is 4.35. The van der Waals surface area contributed by atoms with Gasteiger partial charge in [-0.05, 0) is 66.8 Å².